The van der Waals surface area contributed by atoms with Gasteiger partial charge < -0.3 is 20.4 Å². The molecular weight excluding hydrogens is 1230 g/mol. The van der Waals surface area contributed by atoms with E-state index in [1.807, 2.05) is 93.6 Å². The molecule has 0 bridgehead atoms. The van der Waals surface area contributed by atoms with E-state index in [2.05, 4.69) is 147 Å². The molecule has 16 heteroatoms. The van der Waals surface area contributed by atoms with E-state index in [9.17, 15) is 0 Å². The van der Waals surface area contributed by atoms with E-state index in [-0.39, 0.29) is 42.1 Å². The smallest absolute Gasteiger partial charge is 0.581 e. The number of aromatic nitrogens is 10. The summed E-state index contributed by atoms with van der Waals surface area (Å²) in [4.78, 5) is 26.8. The minimum Gasteiger partial charge on any atom is -0.581 e. The second kappa shape index (κ2) is 17.4. The fraction of sp³-hybridized carbons (Fsp3) is 0.0741. The minimum atomic E-state index is -0.668. The van der Waals surface area contributed by atoms with Gasteiger partial charge in [0.1, 0.15) is 14.1 Å². The van der Waals surface area contributed by atoms with E-state index in [4.69, 9.17) is 0 Å². The van der Waals surface area contributed by atoms with Gasteiger partial charge in [0.2, 0.25) is 0 Å². The van der Waals surface area contributed by atoms with Gasteiger partial charge in [0.25, 0.3) is 0 Å². The van der Waals surface area contributed by atoms with Crippen molar-refractivity contribution in [3.8, 4) is 22.3 Å². The minimum absolute atomic E-state index is 0. The molecule has 4 aliphatic rings. The molecule has 2 aliphatic heterocycles. The third kappa shape index (κ3) is 6.42. The molecular formula is C54H34N14Pt2+4. The maximum atomic E-state index is 4.57. The fourth-order valence-corrected chi connectivity index (χ4v) is 10.4. The Morgan fingerprint density at radius 3 is 1.29 bits per heavy atom. The van der Waals surface area contributed by atoms with Crippen LogP contribution in [0.2, 0.25) is 0 Å². The van der Waals surface area contributed by atoms with Crippen molar-refractivity contribution < 1.29 is 51.3 Å². The number of hydrogen-bond acceptors (Lipinski definition) is 8. The van der Waals surface area contributed by atoms with Gasteiger partial charge in [-0.25, -0.2) is 0 Å². The first-order valence-corrected chi connectivity index (χ1v) is 21.8. The summed E-state index contributed by atoms with van der Waals surface area (Å²) in [5.41, 5.74) is 12.9. The van der Waals surface area contributed by atoms with Gasteiger partial charge in [-0.15, -0.1) is 53.7 Å². The van der Waals surface area contributed by atoms with Crippen molar-refractivity contribution >= 4 is 46.7 Å². The standard InChI is InChI=1S/2C27H17N7.2Pt/c2*1-33-17-34(26-25(33)29-13-14-30-26)19-6-4-5-18(15-19)27(24-10-12-31-32-24)22-8-3-2-7-20(22)21-16-28-11-9-23(21)27;;/h2*2-14,16H,1H3;;/q;;2*+2. The summed E-state index contributed by atoms with van der Waals surface area (Å²) in [6.07, 6.45) is 17.8. The van der Waals surface area contributed by atoms with E-state index in [0.29, 0.717) is 0 Å². The van der Waals surface area contributed by atoms with Crippen molar-refractivity contribution in [1.29, 1.82) is 0 Å². The summed E-state index contributed by atoms with van der Waals surface area (Å²) in [7, 11) is 3.82. The van der Waals surface area contributed by atoms with Gasteiger partial charge in [0, 0.05) is 57.3 Å². The van der Waals surface area contributed by atoms with E-state index in [0.717, 1.165) is 102 Å². The molecule has 0 N–H and O–H groups in total. The molecule has 2 atom stereocenters. The van der Waals surface area contributed by atoms with Crippen molar-refractivity contribution in [1.82, 2.24) is 59.4 Å². The topological polar surface area (TPSA) is 143 Å². The molecule has 8 heterocycles. The average molecular weight is 1270 g/mol. The zero-order valence-corrected chi connectivity index (χ0v) is 41.6. The van der Waals surface area contributed by atoms with Crippen LogP contribution in [-0.4, -0.2) is 75.4 Å². The van der Waals surface area contributed by atoms with Crippen LogP contribution in [0.1, 0.15) is 44.8 Å². The summed E-state index contributed by atoms with van der Waals surface area (Å²) in [6.45, 7) is 0. The number of hydrogen-bond donors (Lipinski definition) is 0. The number of rotatable bonds is 6. The van der Waals surface area contributed by atoms with Crippen LogP contribution >= 0.6 is 0 Å². The SMILES string of the molecule is C[N+]1=C=[N+](c2[c-]c(C3(c4cc[n-]n4)c4ccccc4-c4cnccc43)ccc2)c2nccnc21.C[N+]1=C=[N+](c2[c-]c(C3(c4cc[n-]n4)c4ccccc4-c4cnccc43)ccc2)c2nccnc21.[Pt+2].[Pt+2]. The average Bonchev–Trinajstić information content (AvgIpc) is 4.28. The largest absolute Gasteiger partial charge is 2.00 e. The molecule has 0 fully saturated rings. The van der Waals surface area contributed by atoms with Gasteiger partial charge in [-0.05, 0) is 45.5 Å². The maximum absolute atomic E-state index is 4.57. The second-order valence-electron chi connectivity index (χ2n) is 16.6. The maximum Gasteiger partial charge on any atom is 2.00 e. The van der Waals surface area contributed by atoms with Crippen LogP contribution in [0.4, 0.5) is 34.6 Å². The Kier molecular flexibility index (Phi) is 11.1. The van der Waals surface area contributed by atoms with E-state index < -0.39 is 10.8 Å². The molecule has 6 aromatic heterocycles. The van der Waals surface area contributed by atoms with Gasteiger partial charge >= 0.3 is 77.4 Å². The predicted octanol–water partition coefficient (Wildman–Crippen LogP) is 7.36. The van der Waals surface area contributed by atoms with Gasteiger partial charge in [-0.1, -0.05) is 60.7 Å². The third-order valence-electron chi connectivity index (χ3n) is 13.1. The fourth-order valence-electron chi connectivity index (χ4n) is 10.4. The number of fused-ring (bicyclic) bond motifs is 8. The molecule has 0 spiro atoms. The molecule has 2 aliphatic carbocycles. The number of nitrogens with zero attached hydrogens (tertiary/aromatic N) is 14. The van der Waals surface area contributed by atoms with Crippen molar-refractivity contribution in [3.63, 3.8) is 0 Å². The normalized spacial score (nSPS) is 17.1. The zero-order valence-electron chi connectivity index (χ0n) is 37.1. The Morgan fingerprint density at radius 1 is 0.443 bits per heavy atom. The van der Waals surface area contributed by atoms with Gasteiger partial charge in [-0.3, -0.25) is 9.97 Å². The van der Waals surface area contributed by atoms with Crippen LogP contribution < -0.4 is 19.3 Å². The quantitative estimate of drug-likeness (QED) is 0.122. The van der Waals surface area contributed by atoms with E-state index in [1.54, 1.807) is 37.2 Å². The molecule has 70 heavy (non-hydrogen) atoms. The predicted molar refractivity (Wildman–Crippen MR) is 252 cm³/mol. The van der Waals surface area contributed by atoms with E-state index >= 15 is 0 Å². The summed E-state index contributed by atoms with van der Waals surface area (Å²) in [5.74, 6) is 2.94. The van der Waals surface area contributed by atoms with Crippen molar-refractivity contribution in [2.75, 3.05) is 14.1 Å². The summed E-state index contributed by atoms with van der Waals surface area (Å²) in [5, 5.41) is 17.5. The van der Waals surface area contributed by atoms with Crippen LogP contribution in [-0.2, 0) is 53.0 Å². The Morgan fingerprint density at radius 2 is 0.857 bits per heavy atom. The van der Waals surface area contributed by atoms with Crippen LogP contribution in [0.15, 0.2) is 171 Å². The van der Waals surface area contributed by atoms with Crippen LogP contribution in [0.25, 0.3) is 22.3 Å². The summed E-state index contributed by atoms with van der Waals surface area (Å²) >= 11 is 0. The Labute approximate surface area is 429 Å². The van der Waals surface area contributed by atoms with Crippen molar-refractivity contribution in [2.45, 2.75) is 10.8 Å². The first kappa shape index (κ1) is 44.4. The molecule has 336 valence electrons. The summed E-state index contributed by atoms with van der Waals surface area (Å²) in [6, 6.07) is 51.2. The first-order chi connectivity index (χ1) is 33.6. The molecule has 0 radical (unpaired) electrons. The van der Waals surface area contributed by atoms with Gasteiger partial charge in [0.05, 0.1) is 34.6 Å². The Bertz CT molecular complexity index is 3490. The summed E-state index contributed by atoms with van der Waals surface area (Å²) < 4.78 is 7.47. The second-order valence-corrected chi connectivity index (χ2v) is 16.6. The van der Waals surface area contributed by atoms with Crippen molar-refractivity contribution in [2.24, 2.45) is 0 Å². The monoisotopic (exact) mass is 1270 g/mol. The Hall–Kier alpha value is -8.10. The van der Waals surface area contributed by atoms with Gasteiger partial charge in [0.15, 0.2) is 12.4 Å². The first-order valence-electron chi connectivity index (χ1n) is 21.8. The Balaban J connectivity index is 0.000000148. The third-order valence-corrected chi connectivity index (χ3v) is 13.1. The molecule has 0 amide bonds. The van der Waals surface area contributed by atoms with Crippen LogP contribution in [0, 0.1) is 12.1 Å². The van der Waals surface area contributed by atoms with Crippen LogP contribution in [0.3, 0.4) is 0 Å². The zero-order chi connectivity index (χ0) is 45.4. The molecule has 14 nitrogen and oxygen atoms in total. The van der Waals surface area contributed by atoms with Gasteiger partial charge in [-0.2, -0.15) is 46.6 Å². The van der Waals surface area contributed by atoms with Crippen LogP contribution in [0.5, 0.6) is 0 Å². The molecule has 2 unspecified atom stereocenters. The number of benzene rings is 4. The van der Waals surface area contributed by atoms with Crippen molar-refractivity contribution in [3.05, 3.63) is 228 Å². The molecule has 4 aromatic carbocycles. The molecule has 0 saturated carbocycles. The molecule has 10 aromatic rings. The number of pyridine rings is 2. The molecule has 0 saturated heterocycles. The van der Waals surface area contributed by atoms with E-state index in [1.165, 1.54) is 0 Å². The molecule has 14 rings (SSSR count).